The van der Waals surface area contributed by atoms with Crippen LogP contribution in [0.4, 0.5) is 5.69 Å². The van der Waals surface area contributed by atoms with Crippen LogP contribution in [0.2, 0.25) is 0 Å². The molecule has 0 saturated heterocycles. The molecule has 2 rings (SSSR count). The molecule has 0 spiro atoms. The van der Waals surface area contributed by atoms with Crippen molar-refractivity contribution < 1.29 is 4.74 Å². The Morgan fingerprint density at radius 2 is 2.24 bits per heavy atom. The number of rotatable bonds is 4. The fourth-order valence-corrected chi connectivity index (χ4v) is 1.99. The summed E-state index contributed by atoms with van der Waals surface area (Å²) in [4.78, 5) is 0. The highest BCUT2D eigenvalue weighted by Crippen LogP contribution is 2.29. The summed E-state index contributed by atoms with van der Waals surface area (Å²) in [5.74, 6) is 0.812. The highest BCUT2D eigenvalue weighted by Gasteiger charge is 2.08. The van der Waals surface area contributed by atoms with Crippen LogP contribution >= 0.6 is 15.9 Å². The molecule has 1 heterocycles. The molecular weight excluding hydrogens is 282 g/mol. The Morgan fingerprint density at radius 1 is 1.41 bits per heavy atom. The van der Waals surface area contributed by atoms with Crippen molar-refractivity contribution in [2.45, 2.75) is 13.0 Å². The first-order valence-corrected chi connectivity index (χ1v) is 6.09. The molecule has 0 amide bonds. The maximum atomic E-state index is 5.25. The van der Waals surface area contributed by atoms with Crippen molar-refractivity contribution in [3.63, 3.8) is 0 Å². The lowest BCUT2D eigenvalue weighted by molar-refractivity contribution is 0.412. The Bertz CT molecular complexity index is 485. The Balaban J connectivity index is 2.13. The van der Waals surface area contributed by atoms with Crippen LogP contribution in [-0.2, 0) is 0 Å². The molecule has 0 fully saturated rings. The van der Waals surface area contributed by atoms with Gasteiger partial charge in [-0.3, -0.25) is 5.10 Å². The Hall–Kier alpha value is -1.49. The zero-order valence-corrected chi connectivity index (χ0v) is 11.3. The number of aromatic amines is 1. The number of halogens is 1. The van der Waals surface area contributed by atoms with Gasteiger partial charge in [-0.05, 0) is 41.1 Å². The van der Waals surface area contributed by atoms with Gasteiger partial charge in [-0.1, -0.05) is 0 Å². The standard InChI is InChI=1S/C12H14BrN3O/c1-8(11-5-6-14-16-11)15-9-3-4-10(13)12(7-9)17-2/h3-8,15H,1-2H3,(H,14,16). The third-order valence-corrected chi connectivity index (χ3v) is 3.18. The number of ether oxygens (including phenoxy) is 1. The van der Waals surface area contributed by atoms with Crippen molar-refractivity contribution in [1.82, 2.24) is 10.2 Å². The average Bonchev–Trinajstić information content (AvgIpc) is 2.85. The molecule has 1 atom stereocenters. The van der Waals surface area contributed by atoms with E-state index in [4.69, 9.17) is 4.74 Å². The van der Waals surface area contributed by atoms with Crippen LogP contribution in [0.5, 0.6) is 5.75 Å². The average molecular weight is 296 g/mol. The molecule has 0 bridgehead atoms. The first kappa shape index (κ1) is 12.0. The number of methoxy groups -OCH3 is 1. The SMILES string of the molecule is COc1cc(NC(C)c2ccn[nH]2)ccc1Br. The van der Waals surface area contributed by atoms with Crippen molar-refractivity contribution >= 4 is 21.6 Å². The van der Waals surface area contributed by atoms with Gasteiger partial charge in [-0.25, -0.2) is 0 Å². The van der Waals surface area contributed by atoms with Gasteiger partial charge in [-0.15, -0.1) is 0 Å². The summed E-state index contributed by atoms with van der Waals surface area (Å²) < 4.78 is 6.20. The Labute approximate surface area is 109 Å². The highest BCUT2D eigenvalue weighted by atomic mass is 79.9. The van der Waals surface area contributed by atoms with Gasteiger partial charge in [-0.2, -0.15) is 5.10 Å². The van der Waals surface area contributed by atoms with E-state index in [0.717, 1.165) is 21.6 Å². The second-order valence-corrected chi connectivity index (χ2v) is 4.58. The minimum Gasteiger partial charge on any atom is -0.495 e. The number of nitrogens with one attached hydrogen (secondary N) is 2. The zero-order valence-electron chi connectivity index (χ0n) is 9.70. The third kappa shape index (κ3) is 2.79. The third-order valence-electron chi connectivity index (χ3n) is 2.52. The van der Waals surface area contributed by atoms with Crippen LogP contribution in [-0.4, -0.2) is 17.3 Å². The van der Waals surface area contributed by atoms with Gasteiger partial charge in [0.2, 0.25) is 0 Å². The molecule has 5 heteroatoms. The molecule has 0 saturated carbocycles. The van der Waals surface area contributed by atoms with Gasteiger partial charge < -0.3 is 10.1 Å². The summed E-state index contributed by atoms with van der Waals surface area (Å²) in [5.41, 5.74) is 2.05. The number of hydrogen-bond acceptors (Lipinski definition) is 3. The van der Waals surface area contributed by atoms with E-state index >= 15 is 0 Å². The molecule has 17 heavy (non-hydrogen) atoms. The van der Waals surface area contributed by atoms with Crippen LogP contribution in [0.3, 0.4) is 0 Å². The zero-order chi connectivity index (χ0) is 12.3. The normalized spacial score (nSPS) is 12.2. The van der Waals surface area contributed by atoms with Gasteiger partial charge >= 0.3 is 0 Å². The quantitative estimate of drug-likeness (QED) is 0.909. The largest absolute Gasteiger partial charge is 0.495 e. The summed E-state index contributed by atoms with van der Waals surface area (Å²) in [5, 5.41) is 10.3. The van der Waals surface area contributed by atoms with Crippen LogP contribution in [0.15, 0.2) is 34.9 Å². The van der Waals surface area contributed by atoms with E-state index in [9.17, 15) is 0 Å². The van der Waals surface area contributed by atoms with Gasteiger partial charge in [0.25, 0.3) is 0 Å². The predicted molar refractivity (Wildman–Crippen MR) is 71.3 cm³/mol. The van der Waals surface area contributed by atoms with Crippen LogP contribution in [0.1, 0.15) is 18.7 Å². The summed E-state index contributed by atoms with van der Waals surface area (Å²) >= 11 is 3.43. The van der Waals surface area contributed by atoms with Crippen LogP contribution in [0.25, 0.3) is 0 Å². The molecule has 0 aliphatic heterocycles. The Morgan fingerprint density at radius 3 is 2.88 bits per heavy atom. The second kappa shape index (κ2) is 5.23. The number of hydrogen-bond donors (Lipinski definition) is 2. The maximum absolute atomic E-state index is 5.25. The molecule has 1 unspecified atom stereocenters. The summed E-state index contributed by atoms with van der Waals surface area (Å²) in [7, 11) is 1.65. The van der Waals surface area contributed by atoms with E-state index in [2.05, 4.69) is 38.4 Å². The highest BCUT2D eigenvalue weighted by molar-refractivity contribution is 9.10. The van der Waals surface area contributed by atoms with Crippen molar-refractivity contribution in [2.75, 3.05) is 12.4 Å². The van der Waals surface area contributed by atoms with Crippen molar-refractivity contribution in [3.8, 4) is 5.75 Å². The number of aromatic nitrogens is 2. The van der Waals surface area contributed by atoms with Gasteiger partial charge in [0.05, 0.1) is 23.3 Å². The monoisotopic (exact) mass is 295 g/mol. The molecule has 0 aliphatic carbocycles. The lowest BCUT2D eigenvalue weighted by atomic mass is 10.2. The molecule has 0 aliphatic rings. The first-order chi connectivity index (χ1) is 8.20. The van der Waals surface area contributed by atoms with Crippen LogP contribution < -0.4 is 10.1 Å². The first-order valence-electron chi connectivity index (χ1n) is 5.30. The molecule has 2 N–H and O–H groups in total. The summed E-state index contributed by atoms with van der Waals surface area (Å²) in [6, 6.07) is 8.04. The van der Waals surface area contributed by atoms with E-state index < -0.39 is 0 Å². The van der Waals surface area contributed by atoms with E-state index in [1.165, 1.54) is 0 Å². The van der Waals surface area contributed by atoms with Gasteiger partial charge in [0.15, 0.2) is 0 Å². The van der Waals surface area contributed by atoms with Crippen LogP contribution in [0, 0.1) is 0 Å². The van der Waals surface area contributed by atoms with E-state index in [0.29, 0.717) is 0 Å². The summed E-state index contributed by atoms with van der Waals surface area (Å²) in [6.45, 7) is 2.07. The molecular formula is C12H14BrN3O. The molecule has 4 nitrogen and oxygen atoms in total. The van der Waals surface area contributed by atoms with Gasteiger partial charge in [0, 0.05) is 18.0 Å². The van der Waals surface area contributed by atoms with Crippen molar-refractivity contribution in [1.29, 1.82) is 0 Å². The number of anilines is 1. The van der Waals surface area contributed by atoms with Gasteiger partial charge in [0.1, 0.15) is 5.75 Å². The number of nitrogens with zero attached hydrogens (tertiary/aromatic N) is 1. The molecule has 1 aromatic carbocycles. The predicted octanol–water partition coefficient (Wildman–Crippen LogP) is 3.35. The Kier molecular flexibility index (Phi) is 3.68. The minimum absolute atomic E-state index is 0.170. The topological polar surface area (TPSA) is 49.9 Å². The molecule has 2 aromatic rings. The minimum atomic E-state index is 0.170. The van der Waals surface area contributed by atoms with E-state index in [-0.39, 0.29) is 6.04 Å². The van der Waals surface area contributed by atoms with Crippen molar-refractivity contribution in [2.24, 2.45) is 0 Å². The second-order valence-electron chi connectivity index (χ2n) is 3.73. The molecule has 0 radical (unpaired) electrons. The number of H-pyrrole nitrogens is 1. The fourth-order valence-electron chi connectivity index (χ4n) is 1.59. The lowest BCUT2D eigenvalue weighted by Gasteiger charge is -2.14. The summed E-state index contributed by atoms with van der Waals surface area (Å²) in [6.07, 6.45) is 1.75. The van der Waals surface area contributed by atoms with E-state index in [1.54, 1.807) is 13.3 Å². The molecule has 1 aromatic heterocycles. The maximum Gasteiger partial charge on any atom is 0.135 e. The lowest BCUT2D eigenvalue weighted by Crippen LogP contribution is -2.07. The fraction of sp³-hybridized carbons (Fsp3) is 0.250. The van der Waals surface area contributed by atoms with E-state index in [1.807, 2.05) is 24.3 Å². The van der Waals surface area contributed by atoms with Crippen molar-refractivity contribution in [3.05, 3.63) is 40.6 Å². The smallest absolute Gasteiger partial charge is 0.135 e. The number of benzene rings is 1. The molecule has 90 valence electrons.